The summed E-state index contributed by atoms with van der Waals surface area (Å²) in [6, 6.07) is 4.84. The fraction of sp³-hybridized carbons (Fsp3) is 0. The van der Waals surface area contributed by atoms with Crippen molar-refractivity contribution in [1.29, 1.82) is 0 Å². The first kappa shape index (κ1) is 7.36. The Morgan fingerprint density at radius 3 is 2.58 bits per heavy atom. The second kappa shape index (κ2) is 2.35. The zero-order valence-corrected chi connectivity index (χ0v) is 6.80. The Kier molecular flexibility index (Phi) is 1.44. The van der Waals surface area contributed by atoms with E-state index < -0.39 is 11.9 Å². The van der Waals surface area contributed by atoms with E-state index in [0.717, 1.165) is 0 Å². The minimum Gasteiger partial charge on any atom is -0.386 e. The van der Waals surface area contributed by atoms with E-state index in [-0.39, 0.29) is 5.56 Å². The Hall–Kier alpha value is -1.29. The summed E-state index contributed by atoms with van der Waals surface area (Å²) >= 11 is 4.03. The summed E-state index contributed by atoms with van der Waals surface area (Å²) in [4.78, 5) is 22.4. The number of thiol groups is 1. The largest absolute Gasteiger partial charge is 0.386 e. The van der Waals surface area contributed by atoms with E-state index in [1.807, 2.05) is 0 Å². The lowest BCUT2D eigenvalue weighted by Crippen LogP contribution is -1.97. The molecule has 0 unspecified atom stereocenters. The molecule has 1 aromatic rings. The SMILES string of the molecule is O=C1OC(=O)c2c(S)cccc21. The highest BCUT2D eigenvalue weighted by Crippen LogP contribution is 2.25. The van der Waals surface area contributed by atoms with Gasteiger partial charge in [-0.2, -0.15) is 0 Å². The molecule has 0 amide bonds. The van der Waals surface area contributed by atoms with Gasteiger partial charge >= 0.3 is 11.9 Å². The quantitative estimate of drug-likeness (QED) is 0.371. The molecule has 1 aromatic carbocycles. The van der Waals surface area contributed by atoms with Crippen LogP contribution < -0.4 is 0 Å². The van der Waals surface area contributed by atoms with Gasteiger partial charge in [-0.25, -0.2) is 9.59 Å². The van der Waals surface area contributed by atoms with Gasteiger partial charge in [0.2, 0.25) is 0 Å². The molecule has 0 fully saturated rings. The molecule has 0 bridgehead atoms. The summed E-state index contributed by atoms with van der Waals surface area (Å²) in [5.41, 5.74) is 0.568. The first-order valence-electron chi connectivity index (χ1n) is 3.28. The molecule has 12 heavy (non-hydrogen) atoms. The molecule has 60 valence electrons. The van der Waals surface area contributed by atoms with Gasteiger partial charge in [-0.05, 0) is 12.1 Å². The molecule has 0 radical (unpaired) electrons. The molecule has 0 N–H and O–H groups in total. The van der Waals surface area contributed by atoms with E-state index in [9.17, 15) is 9.59 Å². The summed E-state index contributed by atoms with van der Waals surface area (Å²) in [5, 5.41) is 0. The van der Waals surface area contributed by atoms with Crippen molar-refractivity contribution in [2.45, 2.75) is 4.90 Å². The molecule has 1 aliphatic rings. The van der Waals surface area contributed by atoms with Crippen LogP contribution in [0.1, 0.15) is 20.7 Å². The zero-order chi connectivity index (χ0) is 8.72. The van der Waals surface area contributed by atoms with Crippen molar-refractivity contribution in [3.8, 4) is 0 Å². The first-order chi connectivity index (χ1) is 5.70. The molecule has 0 spiro atoms. The van der Waals surface area contributed by atoms with E-state index in [1.54, 1.807) is 18.2 Å². The lowest BCUT2D eigenvalue weighted by molar-refractivity contribution is 0.0442. The van der Waals surface area contributed by atoms with Crippen LogP contribution in [0.5, 0.6) is 0 Å². The van der Waals surface area contributed by atoms with Gasteiger partial charge in [0, 0.05) is 4.90 Å². The van der Waals surface area contributed by atoms with Crippen molar-refractivity contribution in [3.63, 3.8) is 0 Å². The van der Waals surface area contributed by atoms with Crippen LogP contribution in [0.25, 0.3) is 0 Å². The maximum Gasteiger partial charge on any atom is 0.348 e. The van der Waals surface area contributed by atoms with Crippen molar-refractivity contribution in [2.75, 3.05) is 0 Å². The monoisotopic (exact) mass is 180 g/mol. The molecule has 0 saturated heterocycles. The number of cyclic esters (lactones) is 2. The van der Waals surface area contributed by atoms with E-state index in [4.69, 9.17) is 0 Å². The average Bonchev–Trinajstić information content (AvgIpc) is 2.29. The van der Waals surface area contributed by atoms with Crippen molar-refractivity contribution in [1.82, 2.24) is 0 Å². The number of rotatable bonds is 0. The van der Waals surface area contributed by atoms with Crippen LogP contribution in [-0.2, 0) is 4.74 Å². The Morgan fingerprint density at radius 2 is 1.92 bits per heavy atom. The second-order valence-electron chi connectivity index (χ2n) is 2.38. The Morgan fingerprint density at radius 1 is 1.17 bits per heavy atom. The third-order valence-electron chi connectivity index (χ3n) is 1.65. The number of hydrogen-bond acceptors (Lipinski definition) is 4. The van der Waals surface area contributed by atoms with Crippen molar-refractivity contribution in [3.05, 3.63) is 29.3 Å². The molecule has 0 saturated carbocycles. The standard InChI is InChI=1S/C8H4O3S/c9-7-4-2-1-3-5(12)6(4)8(10)11-7/h1-3,12H. The maximum absolute atomic E-state index is 11.0. The smallest absolute Gasteiger partial charge is 0.348 e. The Labute approximate surface area is 73.7 Å². The van der Waals surface area contributed by atoms with Crippen LogP contribution >= 0.6 is 12.6 Å². The van der Waals surface area contributed by atoms with Crippen LogP contribution in [0, 0.1) is 0 Å². The third-order valence-corrected chi connectivity index (χ3v) is 2.02. The fourth-order valence-electron chi connectivity index (χ4n) is 1.11. The highest BCUT2D eigenvalue weighted by atomic mass is 32.1. The predicted octanol–water partition coefficient (Wildman–Crippen LogP) is 1.29. The van der Waals surface area contributed by atoms with Crippen molar-refractivity contribution in [2.24, 2.45) is 0 Å². The van der Waals surface area contributed by atoms with Gasteiger partial charge in [0.15, 0.2) is 0 Å². The van der Waals surface area contributed by atoms with Crippen LogP contribution in [0.4, 0.5) is 0 Å². The molecule has 4 heteroatoms. The topological polar surface area (TPSA) is 43.4 Å². The van der Waals surface area contributed by atoms with E-state index >= 15 is 0 Å². The molecular formula is C8H4O3S. The van der Waals surface area contributed by atoms with Gasteiger partial charge in [-0.15, -0.1) is 12.6 Å². The highest BCUT2D eigenvalue weighted by molar-refractivity contribution is 7.80. The Balaban J connectivity index is 2.75. The van der Waals surface area contributed by atoms with Gasteiger partial charge in [-0.1, -0.05) is 6.07 Å². The summed E-state index contributed by atoms with van der Waals surface area (Å²) in [7, 11) is 0. The summed E-state index contributed by atoms with van der Waals surface area (Å²) in [6.07, 6.45) is 0. The van der Waals surface area contributed by atoms with Gasteiger partial charge in [0.25, 0.3) is 0 Å². The minimum atomic E-state index is -0.611. The summed E-state index contributed by atoms with van der Waals surface area (Å²) < 4.78 is 4.39. The van der Waals surface area contributed by atoms with Crippen LogP contribution in [0.15, 0.2) is 23.1 Å². The predicted molar refractivity (Wildman–Crippen MR) is 43.4 cm³/mol. The van der Waals surface area contributed by atoms with Gasteiger partial charge in [0.05, 0.1) is 11.1 Å². The average molecular weight is 180 g/mol. The first-order valence-corrected chi connectivity index (χ1v) is 3.73. The summed E-state index contributed by atoms with van der Waals surface area (Å²) in [5.74, 6) is -1.20. The molecule has 1 aliphatic heterocycles. The number of ether oxygens (including phenoxy) is 1. The van der Waals surface area contributed by atoms with Crippen LogP contribution in [0.2, 0.25) is 0 Å². The number of carbonyl (C=O) groups excluding carboxylic acids is 2. The Bertz CT molecular complexity index is 384. The minimum absolute atomic E-state index is 0.269. The van der Waals surface area contributed by atoms with Crippen molar-refractivity contribution < 1.29 is 14.3 Å². The highest BCUT2D eigenvalue weighted by Gasteiger charge is 2.30. The number of esters is 2. The molecule has 1 heterocycles. The molecule has 0 atom stereocenters. The zero-order valence-electron chi connectivity index (χ0n) is 5.90. The number of carbonyl (C=O) groups is 2. The molecular weight excluding hydrogens is 176 g/mol. The van der Waals surface area contributed by atoms with Crippen LogP contribution in [0.3, 0.4) is 0 Å². The van der Waals surface area contributed by atoms with Gasteiger partial charge < -0.3 is 4.74 Å². The lowest BCUT2D eigenvalue weighted by Gasteiger charge is -1.93. The molecule has 0 aromatic heterocycles. The molecule has 3 nitrogen and oxygen atoms in total. The number of hydrogen-bond donors (Lipinski definition) is 1. The molecule has 0 aliphatic carbocycles. The van der Waals surface area contributed by atoms with Gasteiger partial charge in [0.1, 0.15) is 0 Å². The second-order valence-corrected chi connectivity index (χ2v) is 2.86. The van der Waals surface area contributed by atoms with Gasteiger partial charge in [-0.3, -0.25) is 0 Å². The van der Waals surface area contributed by atoms with Crippen molar-refractivity contribution >= 4 is 24.6 Å². The van der Waals surface area contributed by atoms with E-state index in [0.29, 0.717) is 10.5 Å². The fourth-order valence-corrected chi connectivity index (χ4v) is 1.41. The normalized spacial score (nSPS) is 14.4. The number of benzene rings is 1. The van der Waals surface area contributed by atoms with E-state index in [2.05, 4.69) is 17.4 Å². The number of fused-ring (bicyclic) bond motifs is 1. The maximum atomic E-state index is 11.0. The van der Waals surface area contributed by atoms with Crippen LogP contribution in [-0.4, -0.2) is 11.9 Å². The summed E-state index contributed by atoms with van der Waals surface area (Å²) in [6.45, 7) is 0. The lowest BCUT2D eigenvalue weighted by atomic mass is 10.1. The third kappa shape index (κ3) is 0.848. The molecule has 2 rings (SSSR count). The van der Waals surface area contributed by atoms with E-state index in [1.165, 1.54) is 0 Å².